The van der Waals surface area contributed by atoms with Crippen molar-refractivity contribution in [3.63, 3.8) is 0 Å². The molecule has 168 valence electrons. The van der Waals surface area contributed by atoms with Gasteiger partial charge in [0.15, 0.2) is 18.9 Å². The van der Waals surface area contributed by atoms with Crippen molar-refractivity contribution in [3.8, 4) is 39.3 Å². The Morgan fingerprint density at radius 1 is 0.600 bits per heavy atom. The van der Waals surface area contributed by atoms with Crippen LogP contribution in [0.1, 0.15) is 5.56 Å². The average molecular weight is 454 g/mol. The lowest BCUT2D eigenvalue weighted by Gasteiger charge is -2.08. The van der Waals surface area contributed by atoms with Crippen molar-refractivity contribution in [2.45, 2.75) is 6.54 Å². The van der Waals surface area contributed by atoms with Gasteiger partial charge in [-0.15, -0.1) is 0 Å². The van der Waals surface area contributed by atoms with Crippen LogP contribution in [0.25, 0.3) is 39.0 Å². The number of benzene rings is 3. The van der Waals surface area contributed by atoms with Crippen LogP contribution >= 0.6 is 0 Å². The first-order chi connectivity index (χ1) is 17.3. The highest BCUT2D eigenvalue weighted by Crippen LogP contribution is 2.44. The lowest BCUT2D eigenvalue weighted by molar-refractivity contribution is -0.688. The first-order valence-corrected chi connectivity index (χ1v) is 11.8. The maximum Gasteiger partial charge on any atom is 0.173 e. The maximum atomic E-state index is 11.4. The predicted octanol–water partition coefficient (Wildman–Crippen LogP) is 6.98. The van der Waals surface area contributed by atoms with Gasteiger partial charge in [0.25, 0.3) is 0 Å². The number of rotatable bonds is 5. The Morgan fingerprint density at radius 3 is 1.86 bits per heavy atom. The Kier molecular flexibility index (Phi) is 5.36. The van der Waals surface area contributed by atoms with Crippen LogP contribution in [0.4, 0.5) is 0 Å². The van der Waals surface area contributed by atoms with E-state index in [1.165, 1.54) is 5.56 Å². The molecule has 3 nitrogen and oxygen atoms in total. The van der Waals surface area contributed by atoms with Crippen molar-refractivity contribution in [2.24, 2.45) is 0 Å². The molecule has 0 fully saturated rings. The molecular formula is C32H25N2O+. The molecule has 0 atom stereocenters. The van der Waals surface area contributed by atoms with Crippen LogP contribution in [0, 0.1) is 0 Å². The van der Waals surface area contributed by atoms with E-state index >= 15 is 0 Å². The molecule has 0 aliphatic carbocycles. The minimum atomic E-state index is 0.298. The van der Waals surface area contributed by atoms with Crippen molar-refractivity contribution >= 4 is 5.52 Å². The standard InChI is InChI=1S/C32H24N2O/c35-32-29-22-28(25-16-19-33(20-17-25)23-24-10-4-1-5-11-24)18-21-34(29)31(27-14-8-3-9-15-27)30(32)26-12-6-2-7-13-26/h1-22H,23H2/p+1. The van der Waals surface area contributed by atoms with Gasteiger partial charge in [0, 0.05) is 23.9 Å². The smallest absolute Gasteiger partial charge is 0.173 e. The molecule has 1 N–H and O–H groups in total. The Hall–Kier alpha value is -4.63. The molecule has 3 aromatic carbocycles. The third-order valence-corrected chi connectivity index (χ3v) is 6.45. The normalized spacial score (nSPS) is 11.1. The second-order valence-electron chi connectivity index (χ2n) is 8.72. The predicted molar refractivity (Wildman–Crippen MR) is 141 cm³/mol. The summed E-state index contributed by atoms with van der Waals surface area (Å²) in [6, 6.07) is 39.2. The van der Waals surface area contributed by atoms with Gasteiger partial charge in [0.2, 0.25) is 0 Å². The molecule has 0 aliphatic rings. The van der Waals surface area contributed by atoms with Crippen molar-refractivity contribution < 1.29 is 9.67 Å². The Labute approximate surface area is 204 Å². The SMILES string of the molecule is Oc1c(-c2ccccc2)c(-c2ccccc2)n2ccc(-c3cc[n+](Cc4ccccc4)cc3)cc12. The van der Waals surface area contributed by atoms with E-state index in [0.717, 1.165) is 45.6 Å². The van der Waals surface area contributed by atoms with Crippen LogP contribution in [0.2, 0.25) is 0 Å². The number of pyridine rings is 2. The summed E-state index contributed by atoms with van der Waals surface area (Å²) in [5.41, 5.74) is 8.14. The summed E-state index contributed by atoms with van der Waals surface area (Å²) in [5.74, 6) is 0.298. The fraction of sp³-hybridized carbons (Fsp3) is 0.0312. The van der Waals surface area contributed by atoms with Gasteiger partial charge in [-0.3, -0.25) is 0 Å². The average Bonchev–Trinajstić information content (AvgIpc) is 3.22. The highest BCUT2D eigenvalue weighted by atomic mass is 16.3. The summed E-state index contributed by atoms with van der Waals surface area (Å²) in [4.78, 5) is 0. The number of hydrogen-bond donors (Lipinski definition) is 1. The highest BCUT2D eigenvalue weighted by Gasteiger charge is 2.21. The molecule has 3 aromatic heterocycles. The molecule has 3 heteroatoms. The molecule has 0 aliphatic heterocycles. The Morgan fingerprint density at radius 2 is 1.20 bits per heavy atom. The van der Waals surface area contributed by atoms with Gasteiger partial charge in [0.05, 0.1) is 16.8 Å². The molecule has 0 spiro atoms. The van der Waals surface area contributed by atoms with Gasteiger partial charge >= 0.3 is 0 Å². The molecule has 0 bridgehead atoms. The van der Waals surface area contributed by atoms with E-state index in [9.17, 15) is 5.11 Å². The summed E-state index contributed by atoms with van der Waals surface area (Å²) in [5, 5.41) is 11.4. The van der Waals surface area contributed by atoms with E-state index in [2.05, 4.69) is 88.2 Å². The second kappa shape index (κ2) is 8.96. The van der Waals surface area contributed by atoms with Gasteiger partial charge in [-0.1, -0.05) is 91.0 Å². The van der Waals surface area contributed by atoms with Crippen LogP contribution in [0.5, 0.6) is 5.75 Å². The number of hydrogen-bond acceptors (Lipinski definition) is 1. The first kappa shape index (κ1) is 20.9. The highest BCUT2D eigenvalue weighted by molar-refractivity contribution is 5.94. The molecule has 6 rings (SSSR count). The van der Waals surface area contributed by atoms with Crippen LogP contribution < -0.4 is 4.57 Å². The Balaban J connectivity index is 1.44. The molecule has 6 aromatic rings. The zero-order valence-corrected chi connectivity index (χ0v) is 19.3. The summed E-state index contributed by atoms with van der Waals surface area (Å²) >= 11 is 0. The maximum absolute atomic E-state index is 11.4. The zero-order chi connectivity index (χ0) is 23.6. The quantitative estimate of drug-likeness (QED) is 0.280. The van der Waals surface area contributed by atoms with Crippen LogP contribution in [-0.2, 0) is 6.54 Å². The lowest BCUT2D eigenvalue weighted by Crippen LogP contribution is -2.32. The number of nitrogens with zero attached hydrogens (tertiary/aromatic N) is 2. The summed E-state index contributed by atoms with van der Waals surface area (Å²) < 4.78 is 4.27. The molecule has 0 amide bonds. The third kappa shape index (κ3) is 3.98. The minimum Gasteiger partial charge on any atom is -0.505 e. The molecule has 0 saturated carbocycles. The first-order valence-electron chi connectivity index (χ1n) is 11.8. The lowest BCUT2D eigenvalue weighted by atomic mass is 10.0. The van der Waals surface area contributed by atoms with E-state index in [1.54, 1.807) is 0 Å². The van der Waals surface area contributed by atoms with Gasteiger partial charge in [0.1, 0.15) is 5.75 Å². The van der Waals surface area contributed by atoms with Crippen molar-refractivity contribution in [1.29, 1.82) is 0 Å². The number of aromatic hydroxyl groups is 1. The summed E-state index contributed by atoms with van der Waals surface area (Å²) in [6.45, 7) is 0.834. The number of fused-ring (bicyclic) bond motifs is 1. The van der Waals surface area contributed by atoms with Crippen LogP contribution in [0.15, 0.2) is 134 Å². The largest absolute Gasteiger partial charge is 0.505 e. The van der Waals surface area contributed by atoms with Crippen molar-refractivity contribution in [3.05, 3.63) is 139 Å². The van der Waals surface area contributed by atoms with Gasteiger partial charge in [-0.2, -0.15) is 0 Å². The number of aromatic nitrogens is 2. The van der Waals surface area contributed by atoms with Crippen LogP contribution in [-0.4, -0.2) is 9.51 Å². The third-order valence-electron chi connectivity index (χ3n) is 6.45. The molecule has 35 heavy (non-hydrogen) atoms. The second-order valence-corrected chi connectivity index (χ2v) is 8.72. The van der Waals surface area contributed by atoms with E-state index in [1.807, 2.05) is 54.6 Å². The van der Waals surface area contributed by atoms with Crippen LogP contribution in [0.3, 0.4) is 0 Å². The van der Waals surface area contributed by atoms with E-state index in [4.69, 9.17) is 0 Å². The van der Waals surface area contributed by atoms with Crippen molar-refractivity contribution in [1.82, 2.24) is 4.40 Å². The minimum absolute atomic E-state index is 0.298. The summed E-state index contributed by atoms with van der Waals surface area (Å²) in [6.07, 6.45) is 6.27. The molecule has 3 heterocycles. The van der Waals surface area contributed by atoms with E-state index < -0.39 is 0 Å². The van der Waals surface area contributed by atoms with E-state index in [0.29, 0.717) is 5.75 Å². The van der Waals surface area contributed by atoms with Gasteiger partial charge in [-0.25, -0.2) is 4.57 Å². The Bertz CT molecular complexity index is 1590. The summed E-state index contributed by atoms with van der Waals surface area (Å²) in [7, 11) is 0. The molecule has 0 unspecified atom stereocenters. The topological polar surface area (TPSA) is 28.5 Å². The van der Waals surface area contributed by atoms with E-state index in [-0.39, 0.29) is 0 Å². The van der Waals surface area contributed by atoms with Crippen molar-refractivity contribution in [2.75, 3.05) is 0 Å². The molecular weight excluding hydrogens is 428 g/mol. The fourth-order valence-electron chi connectivity index (χ4n) is 4.72. The van der Waals surface area contributed by atoms with Gasteiger partial charge < -0.3 is 9.51 Å². The molecule has 0 radical (unpaired) electrons. The fourth-order valence-corrected chi connectivity index (χ4v) is 4.72. The molecule has 0 saturated heterocycles. The monoisotopic (exact) mass is 453 g/mol. The van der Waals surface area contributed by atoms with Gasteiger partial charge in [-0.05, 0) is 34.4 Å². The zero-order valence-electron chi connectivity index (χ0n) is 19.3.